The van der Waals surface area contributed by atoms with Crippen LogP contribution in [0.25, 0.3) is 0 Å². The van der Waals surface area contributed by atoms with Crippen LogP contribution >= 0.6 is 0 Å². The summed E-state index contributed by atoms with van der Waals surface area (Å²) in [5.41, 5.74) is 3.60. The van der Waals surface area contributed by atoms with E-state index in [2.05, 4.69) is 5.32 Å². The van der Waals surface area contributed by atoms with Crippen LogP contribution in [0.4, 0.5) is 5.69 Å². The van der Waals surface area contributed by atoms with Gasteiger partial charge in [0.15, 0.2) is 0 Å². The summed E-state index contributed by atoms with van der Waals surface area (Å²) in [4.78, 5) is 27.3. The van der Waals surface area contributed by atoms with E-state index >= 15 is 0 Å². The smallest absolute Gasteiger partial charge is 0.256 e. The van der Waals surface area contributed by atoms with E-state index in [1.54, 1.807) is 12.1 Å². The highest BCUT2D eigenvalue weighted by Crippen LogP contribution is 2.24. The summed E-state index contributed by atoms with van der Waals surface area (Å²) in [6, 6.07) is 13.0. The van der Waals surface area contributed by atoms with Crippen LogP contribution in [0, 0.1) is 13.8 Å². The fourth-order valence-corrected chi connectivity index (χ4v) is 3.15. The van der Waals surface area contributed by atoms with Crippen LogP contribution in [0.3, 0.4) is 0 Å². The van der Waals surface area contributed by atoms with Gasteiger partial charge < -0.3 is 10.2 Å². The van der Waals surface area contributed by atoms with Crippen LogP contribution in [0.1, 0.15) is 44.7 Å². The minimum Gasteiger partial charge on any atom is -0.339 e. The number of carbonyl (C=O) groups is 2. The minimum absolute atomic E-state index is 0.00526. The van der Waals surface area contributed by atoms with E-state index in [0.29, 0.717) is 16.8 Å². The van der Waals surface area contributed by atoms with Gasteiger partial charge in [0.25, 0.3) is 11.8 Å². The van der Waals surface area contributed by atoms with Crippen molar-refractivity contribution in [1.82, 2.24) is 4.90 Å². The molecule has 0 spiro atoms. The van der Waals surface area contributed by atoms with Crippen molar-refractivity contribution in [1.29, 1.82) is 0 Å². The van der Waals surface area contributed by atoms with Crippen LogP contribution < -0.4 is 5.32 Å². The fourth-order valence-electron chi connectivity index (χ4n) is 3.15. The molecule has 1 aliphatic rings. The third-order valence-electron chi connectivity index (χ3n) is 4.52. The van der Waals surface area contributed by atoms with Gasteiger partial charge in [-0.2, -0.15) is 0 Å². The van der Waals surface area contributed by atoms with Crippen LogP contribution in [-0.4, -0.2) is 29.8 Å². The Morgan fingerprint density at radius 3 is 2.29 bits per heavy atom. The summed E-state index contributed by atoms with van der Waals surface area (Å²) in [5, 5.41) is 2.93. The Labute approximate surface area is 142 Å². The molecule has 0 atom stereocenters. The van der Waals surface area contributed by atoms with E-state index in [1.807, 2.05) is 49.1 Å². The molecule has 1 heterocycles. The van der Waals surface area contributed by atoms with Gasteiger partial charge in [0.1, 0.15) is 0 Å². The van der Waals surface area contributed by atoms with Crippen molar-refractivity contribution < 1.29 is 9.59 Å². The van der Waals surface area contributed by atoms with Crippen molar-refractivity contribution in [3.05, 3.63) is 64.7 Å². The molecule has 0 radical (unpaired) electrons. The highest BCUT2D eigenvalue weighted by atomic mass is 16.2. The third-order valence-corrected chi connectivity index (χ3v) is 4.52. The zero-order chi connectivity index (χ0) is 17.1. The molecule has 24 heavy (non-hydrogen) atoms. The lowest BCUT2D eigenvalue weighted by molar-refractivity contribution is 0.0793. The molecule has 4 heteroatoms. The highest BCUT2D eigenvalue weighted by molar-refractivity contribution is 6.10. The summed E-state index contributed by atoms with van der Waals surface area (Å²) in [7, 11) is 0. The van der Waals surface area contributed by atoms with Gasteiger partial charge in [-0.1, -0.05) is 30.3 Å². The van der Waals surface area contributed by atoms with Gasteiger partial charge in [-0.3, -0.25) is 9.59 Å². The number of rotatable bonds is 3. The Morgan fingerprint density at radius 2 is 1.58 bits per heavy atom. The van der Waals surface area contributed by atoms with Crippen molar-refractivity contribution >= 4 is 17.5 Å². The molecular formula is C20H22N2O2. The van der Waals surface area contributed by atoms with Crippen molar-refractivity contribution in [2.24, 2.45) is 0 Å². The summed E-state index contributed by atoms with van der Waals surface area (Å²) in [5.74, 6) is -0.181. The number of anilines is 1. The van der Waals surface area contributed by atoms with Gasteiger partial charge in [-0.05, 0) is 49.9 Å². The molecule has 2 amide bonds. The molecule has 1 saturated heterocycles. The topological polar surface area (TPSA) is 49.4 Å². The molecule has 0 aliphatic carbocycles. The number of hydrogen-bond acceptors (Lipinski definition) is 2. The molecule has 0 bridgehead atoms. The average Bonchev–Trinajstić information content (AvgIpc) is 3.09. The van der Waals surface area contributed by atoms with Gasteiger partial charge in [0.2, 0.25) is 0 Å². The van der Waals surface area contributed by atoms with Gasteiger partial charge in [-0.15, -0.1) is 0 Å². The second-order valence-electron chi connectivity index (χ2n) is 6.27. The van der Waals surface area contributed by atoms with E-state index in [-0.39, 0.29) is 11.8 Å². The Morgan fingerprint density at radius 1 is 0.917 bits per heavy atom. The van der Waals surface area contributed by atoms with Crippen molar-refractivity contribution in [2.45, 2.75) is 26.7 Å². The van der Waals surface area contributed by atoms with Crippen LogP contribution in [0.2, 0.25) is 0 Å². The minimum atomic E-state index is -0.186. The zero-order valence-electron chi connectivity index (χ0n) is 14.1. The summed E-state index contributed by atoms with van der Waals surface area (Å²) >= 11 is 0. The molecular weight excluding hydrogens is 300 g/mol. The van der Waals surface area contributed by atoms with Crippen LogP contribution in [-0.2, 0) is 0 Å². The molecule has 1 aliphatic heterocycles. The van der Waals surface area contributed by atoms with E-state index in [4.69, 9.17) is 0 Å². The van der Waals surface area contributed by atoms with Gasteiger partial charge in [0.05, 0.1) is 11.3 Å². The Hall–Kier alpha value is -2.62. The third kappa shape index (κ3) is 3.18. The number of carbonyl (C=O) groups excluding carboxylic acids is 2. The Kier molecular flexibility index (Phi) is 4.65. The molecule has 2 aromatic rings. The molecule has 0 saturated carbocycles. The molecule has 4 nitrogen and oxygen atoms in total. The summed E-state index contributed by atoms with van der Waals surface area (Å²) in [6.45, 7) is 5.39. The largest absolute Gasteiger partial charge is 0.339 e. The Balaban J connectivity index is 1.91. The predicted molar refractivity (Wildman–Crippen MR) is 95.4 cm³/mol. The number of nitrogens with zero attached hydrogens (tertiary/aromatic N) is 1. The maximum atomic E-state index is 12.8. The quantitative estimate of drug-likeness (QED) is 0.934. The molecule has 1 fully saturated rings. The first-order valence-electron chi connectivity index (χ1n) is 8.34. The maximum absolute atomic E-state index is 12.8. The highest BCUT2D eigenvalue weighted by Gasteiger charge is 2.24. The van der Waals surface area contributed by atoms with Crippen LogP contribution in [0.15, 0.2) is 42.5 Å². The molecule has 0 aromatic heterocycles. The lowest BCUT2D eigenvalue weighted by atomic mass is 10.0. The predicted octanol–water partition coefficient (Wildman–Crippen LogP) is 3.79. The molecule has 2 aromatic carbocycles. The number of hydrogen-bond donors (Lipinski definition) is 1. The normalized spacial score (nSPS) is 13.8. The average molecular weight is 322 g/mol. The number of nitrogens with one attached hydrogen (secondary N) is 1. The van der Waals surface area contributed by atoms with E-state index in [1.165, 1.54) is 0 Å². The summed E-state index contributed by atoms with van der Waals surface area (Å²) in [6.07, 6.45) is 2.09. The molecule has 1 N–H and O–H groups in total. The first kappa shape index (κ1) is 16.2. The van der Waals surface area contributed by atoms with E-state index in [9.17, 15) is 9.59 Å². The number of benzene rings is 2. The number of aryl methyl sites for hydroxylation is 2. The number of amides is 2. The summed E-state index contributed by atoms with van der Waals surface area (Å²) < 4.78 is 0. The SMILES string of the molecule is Cc1ccccc1C(=O)Nc1cccc(C)c1C(=O)N1CCCC1. The molecule has 0 unspecified atom stereocenters. The van der Waals surface area contributed by atoms with Crippen molar-refractivity contribution in [2.75, 3.05) is 18.4 Å². The van der Waals surface area contributed by atoms with Crippen molar-refractivity contribution in [3.8, 4) is 0 Å². The second-order valence-corrected chi connectivity index (χ2v) is 6.27. The molecule has 3 rings (SSSR count). The first-order chi connectivity index (χ1) is 11.6. The fraction of sp³-hybridized carbons (Fsp3) is 0.300. The van der Waals surface area contributed by atoms with Gasteiger partial charge >= 0.3 is 0 Å². The van der Waals surface area contributed by atoms with Gasteiger partial charge in [0, 0.05) is 18.7 Å². The van der Waals surface area contributed by atoms with E-state index < -0.39 is 0 Å². The van der Waals surface area contributed by atoms with Crippen molar-refractivity contribution in [3.63, 3.8) is 0 Å². The monoisotopic (exact) mass is 322 g/mol. The second kappa shape index (κ2) is 6.87. The van der Waals surface area contributed by atoms with E-state index in [0.717, 1.165) is 37.1 Å². The standard InChI is InChI=1S/C20H22N2O2/c1-14-8-3-4-10-16(14)19(23)21-17-11-7-9-15(2)18(17)20(24)22-12-5-6-13-22/h3-4,7-11H,5-6,12-13H2,1-2H3,(H,21,23). The lowest BCUT2D eigenvalue weighted by Crippen LogP contribution is -2.29. The van der Waals surface area contributed by atoms with Crippen LogP contribution in [0.5, 0.6) is 0 Å². The Bertz CT molecular complexity index is 777. The maximum Gasteiger partial charge on any atom is 0.256 e. The first-order valence-corrected chi connectivity index (χ1v) is 8.34. The lowest BCUT2D eigenvalue weighted by Gasteiger charge is -2.20. The zero-order valence-corrected chi connectivity index (χ0v) is 14.1. The number of likely N-dealkylation sites (tertiary alicyclic amines) is 1. The van der Waals surface area contributed by atoms with Gasteiger partial charge in [-0.25, -0.2) is 0 Å². The molecule has 124 valence electrons.